The molecule has 0 heterocycles. The molecule has 0 saturated carbocycles. The Morgan fingerprint density at radius 1 is 1.64 bits per heavy atom. The van der Waals surface area contributed by atoms with E-state index in [2.05, 4.69) is 4.74 Å². The van der Waals surface area contributed by atoms with Crippen molar-refractivity contribution < 1.29 is 19.0 Å². The van der Waals surface area contributed by atoms with Gasteiger partial charge in [0, 0.05) is 5.02 Å². The molecule has 0 aliphatic heterocycles. The van der Waals surface area contributed by atoms with Crippen LogP contribution in [0, 0.1) is 12.7 Å². The van der Waals surface area contributed by atoms with Crippen molar-refractivity contribution in [2.24, 2.45) is 0 Å². The fourth-order valence-electron chi connectivity index (χ4n) is 1.15. The SMILES string of the molecule is COc1c(F)cc(Cl)c(C)c1C(=O)O. The van der Waals surface area contributed by atoms with Gasteiger partial charge in [-0.2, -0.15) is 0 Å². The molecular weight excluding hydrogens is 211 g/mol. The van der Waals surface area contributed by atoms with Crippen molar-refractivity contribution in [2.75, 3.05) is 7.11 Å². The molecule has 3 nitrogen and oxygen atoms in total. The van der Waals surface area contributed by atoms with Crippen molar-refractivity contribution in [3.8, 4) is 5.75 Å². The molecule has 0 aromatic heterocycles. The first-order chi connectivity index (χ1) is 6.49. The van der Waals surface area contributed by atoms with Gasteiger partial charge in [0.25, 0.3) is 0 Å². The average Bonchev–Trinajstić information content (AvgIpc) is 2.10. The van der Waals surface area contributed by atoms with Gasteiger partial charge in [-0.05, 0) is 18.6 Å². The van der Waals surface area contributed by atoms with Crippen LogP contribution in [0.3, 0.4) is 0 Å². The Balaban J connectivity index is 3.56. The van der Waals surface area contributed by atoms with Crippen LogP contribution < -0.4 is 4.74 Å². The molecule has 0 aliphatic carbocycles. The summed E-state index contributed by atoms with van der Waals surface area (Å²) in [5.74, 6) is -2.33. The zero-order chi connectivity index (χ0) is 10.9. The summed E-state index contributed by atoms with van der Waals surface area (Å²) in [6.45, 7) is 1.49. The van der Waals surface area contributed by atoms with E-state index in [1.807, 2.05) is 0 Å². The zero-order valence-electron chi connectivity index (χ0n) is 7.60. The number of carboxylic acid groups (broad SMARTS) is 1. The molecule has 0 saturated heterocycles. The molecule has 0 unspecified atom stereocenters. The van der Waals surface area contributed by atoms with E-state index >= 15 is 0 Å². The van der Waals surface area contributed by atoms with Gasteiger partial charge in [-0.15, -0.1) is 0 Å². The smallest absolute Gasteiger partial charge is 0.339 e. The highest BCUT2D eigenvalue weighted by Gasteiger charge is 2.20. The third-order valence-electron chi connectivity index (χ3n) is 1.85. The lowest BCUT2D eigenvalue weighted by Crippen LogP contribution is -2.05. The summed E-state index contributed by atoms with van der Waals surface area (Å²) in [5, 5.41) is 8.89. The largest absolute Gasteiger partial charge is 0.493 e. The molecule has 1 N–H and O–H groups in total. The van der Waals surface area contributed by atoms with Crippen molar-refractivity contribution in [1.82, 2.24) is 0 Å². The summed E-state index contributed by atoms with van der Waals surface area (Å²) < 4.78 is 17.8. The number of rotatable bonds is 2. The summed E-state index contributed by atoms with van der Waals surface area (Å²) in [7, 11) is 1.21. The molecule has 0 bridgehead atoms. The molecule has 0 aliphatic rings. The topological polar surface area (TPSA) is 46.5 Å². The van der Waals surface area contributed by atoms with Crippen molar-refractivity contribution >= 4 is 17.6 Å². The average molecular weight is 219 g/mol. The second-order valence-electron chi connectivity index (χ2n) is 2.68. The number of ether oxygens (including phenoxy) is 1. The van der Waals surface area contributed by atoms with Crippen LogP contribution in [-0.2, 0) is 0 Å². The Morgan fingerprint density at radius 2 is 2.21 bits per heavy atom. The Bertz CT molecular complexity index is 390. The lowest BCUT2D eigenvalue weighted by Gasteiger charge is -2.10. The van der Waals surface area contributed by atoms with Crippen molar-refractivity contribution in [3.63, 3.8) is 0 Å². The third-order valence-corrected chi connectivity index (χ3v) is 2.24. The number of carboxylic acids is 1. The first-order valence-corrected chi connectivity index (χ1v) is 4.12. The van der Waals surface area contributed by atoms with E-state index in [1.165, 1.54) is 14.0 Å². The maximum absolute atomic E-state index is 13.2. The Labute approximate surface area is 85.1 Å². The molecule has 1 aromatic carbocycles. The van der Waals surface area contributed by atoms with Gasteiger partial charge in [-0.3, -0.25) is 0 Å². The maximum atomic E-state index is 13.2. The first kappa shape index (κ1) is 10.8. The van der Waals surface area contributed by atoms with E-state index < -0.39 is 11.8 Å². The summed E-state index contributed by atoms with van der Waals surface area (Å²) in [6.07, 6.45) is 0. The first-order valence-electron chi connectivity index (χ1n) is 3.75. The van der Waals surface area contributed by atoms with Gasteiger partial charge in [0.05, 0.1) is 7.11 Å². The summed E-state index contributed by atoms with van der Waals surface area (Å²) in [6, 6.07) is 1.03. The van der Waals surface area contributed by atoms with Gasteiger partial charge in [-0.25, -0.2) is 9.18 Å². The molecule has 5 heteroatoms. The van der Waals surface area contributed by atoms with E-state index in [0.29, 0.717) is 0 Å². The second-order valence-corrected chi connectivity index (χ2v) is 3.09. The zero-order valence-corrected chi connectivity index (χ0v) is 8.35. The lowest BCUT2D eigenvalue weighted by atomic mass is 10.1. The molecule has 14 heavy (non-hydrogen) atoms. The molecule has 0 atom stereocenters. The van der Waals surface area contributed by atoms with Crippen LogP contribution in [0.5, 0.6) is 5.75 Å². The van der Waals surface area contributed by atoms with Crippen molar-refractivity contribution in [2.45, 2.75) is 6.92 Å². The monoisotopic (exact) mass is 218 g/mol. The van der Waals surface area contributed by atoms with Crippen LogP contribution in [-0.4, -0.2) is 18.2 Å². The number of hydrogen-bond donors (Lipinski definition) is 1. The normalized spacial score (nSPS) is 10.0. The van der Waals surface area contributed by atoms with Gasteiger partial charge in [0.1, 0.15) is 5.56 Å². The molecule has 0 spiro atoms. The van der Waals surface area contributed by atoms with Crippen LogP contribution in [0.4, 0.5) is 4.39 Å². The second kappa shape index (κ2) is 3.84. The fraction of sp³-hybridized carbons (Fsp3) is 0.222. The van der Waals surface area contributed by atoms with E-state index in [0.717, 1.165) is 6.07 Å². The molecule has 76 valence electrons. The molecule has 0 fully saturated rings. The summed E-state index contributed by atoms with van der Waals surface area (Å²) in [4.78, 5) is 10.8. The number of methoxy groups -OCH3 is 1. The minimum Gasteiger partial charge on any atom is -0.493 e. The highest BCUT2D eigenvalue weighted by atomic mass is 35.5. The minimum atomic E-state index is -1.26. The Hall–Kier alpha value is -1.29. The van der Waals surface area contributed by atoms with Gasteiger partial charge < -0.3 is 9.84 Å². The van der Waals surface area contributed by atoms with Gasteiger partial charge in [0.2, 0.25) is 0 Å². The number of hydrogen-bond acceptors (Lipinski definition) is 2. The van der Waals surface area contributed by atoms with E-state index in [-0.39, 0.29) is 21.9 Å². The Kier molecular flexibility index (Phi) is 2.96. The molecule has 0 radical (unpaired) electrons. The van der Waals surface area contributed by atoms with Crippen molar-refractivity contribution in [1.29, 1.82) is 0 Å². The highest BCUT2D eigenvalue weighted by molar-refractivity contribution is 6.31. The van der Waals surface area contributed by atoms with Gasteiger partial charge in [0.15, 0.2) is 11.6 Å². The Morgan fingerprint density at radius 3 is 2.64 bits per heavy atom. The molecule has 1 rings (SSSR count). The van der Waals surface area contributed by atoms with Gasteiger partial charge >= 0.3 is 5.97 Å². The highest BCUT2D eigenvalue weighted by Crippen LogP contribution is 2.31. The van der Waals surface area contributed by atoms with Crippen LogP contribution in [0.15, 0.2) is 6.07 Å². The third kappa shape index (κ3) is 1.65. The number of carbonyl (C=O) groups is 1. The molecule has 1 aromatic rings. The minimum absolute atomic E-state index is 0.0701. The number of aromatic carboxylic acids is 1. The lowest BCUT2D eigenvalue weighted by molar-refractivity contribution is 0.0691. The van der Waals surface area contributed by atoms with Crippen LogP contribution in [0.2, 0.25) is 5.02 Å². The fourth-order valence-corrected chi connectivity index (χ4v) is 1.34. The van der Waals surface area contributed by atoms with Crippen LogP contribution >= 0.6 is 11.6 Å². The number of halogens is 2. The molecular formula is C9H8ClFO3. The quantitative estimate of drug-likeness (QED) is 0.830. The van der Waals surface area contributed by atoms with Crippen LogP contribution in [0.25, 0.3) is 0 Å². The number of benzene rings is 1. The van der Waals surface area contributed by atoms with Crippen LogP contribution in [0.1, 0.15) is 15.9 Å². The summed E-state index contributed by atoms with van der Waals surface area (Å²) >= 11 is 5.63. The van der Waals surface area contributed by atoms with E-state index in [4.69, 9.17) is 16.7 Å². The predicted molar refractivity (Wildman–Crippen MR) is 49.7 cm³/mol. The molecule has 0 amide bonds. The predicted octanol–water partition coefficient (Wildman–Crippen LogP) is 2.49. The van der Waals surface area contributed by atoms with E-state index in [1.54, 1.807) is 0 Å². The standard InChI is InChI=1S/C9H8ClFO3/c1-4-5(10)3-6(11)8(14-2)7(4)9(12)13/h3H,1-2H3,(H,12,13). The maximum Gasteiger partial charge on any atom is 0.339 e. The van der Waals surface area contributed by atoms with Gasteiger partial charge in [-0.1, -0.05) is 11.6 Å². The van der Waals surface area contributed by atoms with Crippen molar-refractivity contribution in [3.05, 3.63) is 28.0 Å². The summed E-state index contributed by atoms with van der Waals surface area (Å²) in [5.41, 5.74) is 0.0508. The van der Waals surface area contributed by atoms with E-state index in [9.17, 15) is 9.18 Å².